The van der Waals surface area contributed by atoms with Gasteiger partial charge in [-0.1, -0.05) is 34.8 Å². The van der Waals surface area contributed by atoms with E-state index in [2.05, 4.69) is 4.98 Å². The third kappa shape index (κ3) is 3.55. The number of thiophene rings is 1. The van der Waals surface area contributed by atoms with Crippen molar-refractivity contribution in [1.29, 1.82) is 0 Å². The topological polar surface area (TPSA) is 102 Å². The lowest BCUT2D eigenvalue weighted by molar-refractivity contribution is -0.384. The Hall–Kier alpha value is -1.13. The second-order valence-electron chi connectivity index (χ2n) is 3.55. The minimum atomic E-state index is -4.18. The summed E-state index contributed by atoms with van der Waals surface area (Å²) in [6, 6.07) is 3.34. The number of hydrogen-bond acceptors (Lipinski definition) is 6. The summed E-state index contributed by atoms with van der Waals surface area (Å²) in [5.74, 6) is -0.508. The Morgan fingerprint density at radius 3 is 2.48 bits per heavy atom. The van der Waals surface area contributed by atoms with E-state index in [0.29, 0.717) is 0 Å². The average molecular weight is 389 g/mol. The minimum Gasteiger partial charge on any atom is -0.258 e. The highest BCUT2D eigenvalue weighted by molar-refractivity contribution is 7.93. The number of hydrogen-bond donors (Lipinski definition) is 1. The molecule has 2 aromatic rings. The Labute approximate surface area is 137 Å². The van der Waals surface area contributed by atoms with Crippen LogP contribution in [0.25, 0.3) is 0 Å². The molecule has 0 bridgehead atoms. The second kappa shape index (κ2) is 5.93. The Bertz CT molecular complexity index is 822. The van der Waals surface area contributed by atoms with E-state index in [-0.39, 0.29) is 18.7 Å². The van der Waals surface area contributed by atoms with Crippen LogP contribution in [0.4, 0.5) is 11.5 Å². The number of nitrogens with zero attached hydrogens (tertiary/aromatic N) is 2. The van der Waals surface area contributed by atoms with Crippen molar-refractivity contribution in [3.63, 3.8) is 0 Å². The first-order valence-corrected chi connectivity index (χ1v) is 8.42. The van der Waals surface area contributed by atoms with Gasteiger partial charge in [-0.25, -0.2) is 13.4 Å². The van der Waals surface area contributed by atoms with Crippen LogP contribution in [-0.2, 0) is 10.0 Å². The van der Waals surface area contributed by atoms with Gasteiger partial charge in [0.2, 0.25) is 5.82 Å². The largest absolute Gasteiger partial charge is 0.312 e. The lowest BCUT2D eigenvalue weighted by Crippen LogP contribution is -2.15. The zero-order chi connectivity index (χ0) is 15.8. The third-order valence-corrected chi connectivity index (χ3v) is 5.49. The Morgan fingerprint density at radius 1 is 1.29 bits per heavy atom. The first-order valence-electron chi connectivity index (χ1n) is 4.99. The molecule has 0 aliphatic heterocycles. The molecule has 0 atom stereocenters. The molecule has 1 N–H and O–H groups in total. The normalized spacial score (nSPS) is 11.4. The molecule has 7 nitrogen and oxygen atoms in total. The summed E-state index contributed by atoms with van der Waals surface area (Å²) >= 11 is 17.9. The second-order valence-corrected chi connectivity index (χ2v) is 7.88. The minimum absolute atomic E-state index is 0.0721. The van der Waals surface area contributed by atoms with E-state index < -0.39 is 26.5 Å². The van der Waals surface area contributed by atoms with Gasteiger partial charge in [-0.05, 0) is 12.1 Å². The molecule has 0 saturated heterocycles. The van der Waals surface area contributed by atoms with Crippen LogP contribution in [0.2, 0.25) is 13.8 Å². The van der Waals surface area contributed by atoms with Crippen LogP contribution < -0.4 is 4.72 Å². The van der Waals surface area contributed by atoms with Gasteiger partial charge in [0.25, 0.3) is 10.0 Å². The molecule has 0 amide bonds. The summed E-state index contributed by atoms with van der Waals surface area (Å²) in [4.78, 5) is 13.4. The van der Waals surface area contributed by atoms with Crippen LogP contribution >= 0.6 is 46.1 Å². The highest BCUT2D eigenvalue weighted by atomic mass is 35.5. The van der Waals surface area contributed by atoms with Crippen molar-refractivity contribution in [1.82, 2.24) is 4.98 Å². The zero-order valence-corrected chi connectivity index (χ0v) is 13.6. The summed E-state index contributed by atoms with van der Waals surface area (Å²) < 4.78 is 26.4. The molecule has 2 heterocycles. The van der Waals surface area contributed by atoms with E-state index >= 15 is 0 Å². The molecule has 0 unspecified atom stereocenters. The quantitative estimate of drug-likeness (QED) is 0.487. The van der Waals surface area contributed by atoms with Crippen molar-refractivity contribution in [3.05, 3.63) is 42.1 Å². The van der Waals surface area contributed by atoms with Gasteiger partial charge in [-0.15, -0.1) is 11.3 Å². The maximum Gasteiger partial charge on any atom is 0.312 e. The van der Waals surface area contributed by atoms with Gasteiger partial charge in [0, 0.05) is 6.07 Å². The molecule has 0 saturated carbocycles. The molecule has 2 aromatic heterocycles. The van der Waals surface area contributed by atoms with Crippen LogP contribution in [0, 0.1) is 10.1 Å². The van der Waals surface area contributed by atoms with Gasteiger partial charge in [0.05, 0.1) is 9.26 Å². The molecular weight excluding hydrogens is 385 g/mol. The maximum absolute atomic E-state index is 12.2. The van der Waals surface area contributed by atoms with Crippen molar-refractivity contribution in [2.45, 2.75) is 4.90 Å². The van der Waals surface area contributed by atoms with Crippen LogP contribution in [0.3, 0.4) is 0 Å². The van der Waals surface area contributed by atoms with Gasteiger partial charge >= 0.3 is 5.69 Å². The predicted molar refractivity (Wildman–Crippen MR) is 81.0 cm³/mol. The van der Waals surface area contributed by atoms with Crippen molar-refractivity contribution in [3.8, 4) is 0 Å². The summed E-state index contributed by atoms with van der Waals surface area (Å²) in [5, 5.41) is 10.8. The van der Waals surface area contributed by atoms with Gasteiger partial charge in [-0.2, -0.15) is 0 Å². The standard InChI is InChI=1S/C9H4Cl3N3O4S2/c10-6-2-1-4(15(16)17)9(13-6)14-21(18,19)5-3-7(11)20-8(5)12/h1-3H,(H,13,14). The molecule has 0 aliphatic carbocycles. The van der Waals surface area contributed by atoms with E-state index in [4.69, 9.17) is 34.8 Å². The molecule has 0 aliphatic rings. The summed E-state index contributed by atoms with van der Waals surface area (Å²) in [6.45, 7) is 0. The highest BCUT2D eigenvalue weighted by Gasteiger charge is 2.26. The zero-order valence-electron chi connectivity index (χ0n) is 9.71. The van der Waals surface area contributed by atoms with E-state index in [0.717, 1.165) is 23.5 Å². The Morgan fingerprint density at radius 2 is 1.95 bits per heavy atom. The number of nitro groups is 1. The SMILES string of the molecule is O=[N+]([O-])c1ccc(Cl)nc1NS(=O)(=O)c1cc(Cl)sc1Cl. The lowest BCUT2D eigenvalue weighted by atomic mass is 10.4. The number of anilines is 1. The fraction of sp³-hybridized carbons (Fsp3) is 0. The molecule has 112 valence electrons. The van der Waals surface area contributed by atoms with Crippen molar-refractivity contribution < 1.29 is 13.3 Å². The van der Waals surface area contributed by atoms with Gasteiger partial charge in [-0.3, -0.25) is 14.8 Å². The Kier molecular flexibility index (Phi) is 4.59. The summed E-state index contributed by atoms with van der Waals surface area (Å²) in [5.41, 5.74) is -0.541. The highest BCUT2D eigenvalue weighted by Crippen LogP contribution is 2.36. The van der Waals surface area contributed by atoms with E-state index in [1.807, 2.05) is 4.72 Å². The molecule has 12 heteroatoms. The smallest absolute Gasteiger partial charge is 0.258 e. The van der Waals surface area contributed by atoms with E-state index in [1.54, 1.807) is 0 Å². The van der Waals surface area contributed by atoms with Crippen LogP contribution in [-0.4, -0.2) is 18.3 Å². The first kappa shape index (κ1) is 16.2. The lowest BCUT2D eigenvalue weighted by Gasteiger charge is -2.07. The fourth-order valence-electron chi connectivity index (χ4n) is 1.34. The molecule has 0 radical (unpaired) electrons. The molecular formula is C9H4Cl3N3O4S2. The molecule has 2 rings (SSSR count). The Balaban J connectivity index is 2.48. The fourth-order valence-corrected chi connectivity index (χ4v) is 4.66. The number of rotatable bonds is 4. The van der Waals surface area contributed by atoms with Crippen LogP contribution in [0.15, 0.2) is 23.1 Å². The first-order chi connectivity index (χ1) is 9.70. The molecule has 0 aromatic carbocycles. The number of halogens is 3. The third-order valence-electron chi connectivity index (χ3n) is 2.18. The van der Waals surface area contributed by atoms with Crippen molar-refractivity contribution in [2.75, 3.05) is 4.72 Å². The predicted octanol–water partition coefficient (Wildman–Crippen LogP) is 3.81. The summed E-state index contributed by atoms with van der Waals surface area (Å²) in [7, 11) is -4.18. The summed E-state index contributed by atoms with van der Waals surface area (Å²) in [6.07, 6.45) is 0. The monoisotopic (exact) mass is 387 g/mol. The van der Waals surface area contributed by atoms with Gasteiger partial charge in [0.15, 0.2) is 0 Å². The number of aromatic nitrogens is 1. The van der Waals surface area contributed by atoms with E-state index in [1.165, 1.54) is 6.07 Å². The number of nitrogens with one attached hydrogen (secondary N) is 1. The average Bonchev–Trinajstić information content (AvgIpc) is 2.68. The van der Waals surface area contributed by atoms with Gasteiger partial charge < -0.3 is 0 Å². The molecule has 0 fully saturated rings. The molecule has 21 heavy (non-hydrogen) atoms. The number of sulfonamides is 1. The van der Waals surface area contributed by atoms with Gasteiger partial charge in [0.1, 0.15) is 14.4 Å². The molecule has 0 spiro atoms. The van der Waals surface area contributed by atoms with Crippen LogP contribution in [0.1, 0.15) is 0 Å². The van der Waals surface area contributed by atoms with E-state index in [9.17, 15) is 18.5 Å². The van der Waals surface area contributed by atoms with Crippen molar-refractivity contribution in [2.24, 2.45) is 0 Å². The van der Waals surface area contributed by atoms with Crippen LogP contribution in [0.5, 0.6) is 0 Å². The number of pyridine rings is 1. The van der Waals surface area contributed by atoms with Crippen molar-refractivity contribution >= 4 is 67.7 Å². The maximum atomic E-state index is 12.2.